The molecule has 0 atom stereocenters. The first-order valence-electron chi connectivity index (χ1n) is 5.46. The highest BCUT2D eigenvalue weighted by Gasteiger charge is 2.14. The third-order valence-corrected chi connectivity index (χ3v) is 3.07. The molecule has 16 heavy (non-hydrogen) atoms. The van der Waals surface area contributed by atoms with Crippen LogP contribution >= 0.6 is 0 Å². The predicted molar refractivity (Wildman–Crippen MR) is 64.5 cm³/mol. The molecule has 1 N–H and O–H groups in total. The second kappa shape index (κ2) is 4.12. The van der Waals surface area contributed by atoms with Crippen LogP contribution in [0.3, 0.4) is 0 Å². The topological polar surface area (TPSA) is 20.2 Å². The number of benzene rings is 1. The van der Waals surface area contributed by atoms with Crippen LogP contribution in [-0.2, 0) is 0 Å². The monoisotopic (exact) mass is 218 g/mol. The average Bonchev–Trinajstić information content (AvgIpc) is 2.63. The Hall–Kier alpha value is -1.57. The zero-order chi connectivity index (χ0) is 11.7. The summed E-state index contributed by atoms with van der Waals surface area (Å²) < 4.78 is 13.4. The molecule has 1 aromatic carbocycles. The molecule has 0 unspecified atom stereocenters. The highest BCUT2D eigenvalue weighted by Crippen LogP contribution is 2.34. The third kappa shape index (κ3) is 2.01. The van der Waals surface area contributed by atoms with Crippen LogP contribution in [0.1, 0.15) is 37.3 Å². The Balaban J connectivity index is 2.49. The number of aliphatic hydroxyl groups is 1. The molecule has 1 aromatic rings. The van der Waals surface area contributed by atoms with Gasteiger partial charge in [0.2, 0.25) is 0 Å². The largest absolute Gasteiger partial charge is 0.508 e. The van der Waals surface area contributed by atoms with E-state index in [4.69, 9.17) is 0 Å². The number of halogens is 1. The van der Waals surface area contributed by atoms with Gasteiger partial charge in [0, 0.05) is 5.56 Å². The second-order valence-electron chi connectivity index (χ2n) is 4.29. The van der Waals surface area contributed by atoms with E-state index >= 15 is 0 Å². The molecule has 0 saturated carbocycles. The number of allylic oxidation sites excluding steroid dienone is 2. The van der Waals surface area contributed by atoms with Gasteiger partial charge in [-0.25, -0.2) is 4.39 Å². The molecule has 0 bridgehead atoms. The van der Waals surface area contributed by atoms with E-state index in [1.807, 2.05) is 0 Å². The van der Waals surface area contributed by atoms with Crippen molar-refractivity contribution in [3.63, 3.8) is 0 Å². The zero-order valence-electron chi connectivity index (χ0n) is 9.39. The van der Waals surface area contributed by atoms with Gasteiger partial charge in [0.15, 0.2) is 0 Å². The van der Waals surface area contributed by atoms with E-state index in [0.717, 1.165) is 24.8 Å². The maximum Gasteiger partial charge on any atom is 0.124 e. The first-order chi connectivity index (χ1) is 7.58. The molecule has 0 aliphatic heterocycles. The lowest BCUT2D eigenvalue weighted by molar-refractivity contribution is 0.512. The minimum atomic E-state index is -0.324. The van der Waals surface area contributed by atoms with Gasteiger partial charge in [-0.1, -0.05) is 12.2 Å². The Morgan fingerprint density at radius 2 is 2.06 bits per heavy atom. The summed E-state index contributed by atoms with van der Waals surface area (Å²) in [6, 6.07) is 4.63. The fourth-order valence-corrected chi connectivity index (χ4v) is 2.22. The number of rotatable bonds is 2. The highest BCUT2D eigenvalue weighted by molar-refractivity contribution is 5.73. The van der Waals surface area contributed by atoms with Gasteiger partial charge >= 0.3 is 0 Å². The first kappa shape index (κ1) is 10.9. The molecule has 0 spiro atoms. The lowest BCUT2D eigenvalue weighted by Crippen LogP contribution is -1.90. The van der Waals surface area contributed by atoms with Gasteiger partial charge in [0.05, 0.1) is 0 Å². The van der Waals surface area contributed by atoms with E-state index in [9.17, 15) is 9.50 Å². The Bertz CT molecular complexity index is 472. The fraction of sp³-hybridized carbons (Fsp3) is 0.286. The molecule has 2 rings (SSSR count). The summed E-state index contributed by atoms with van der Waals surface area (Å²) >= 11 is 0. The molecule has 0 radical (unpaired) electrons. The van der Waals surface area contributed by atoms with E-state index in [1.54, 1.807) is 6.07 Å². The lowest BCUT2D eigenvalue weighted by atomic mass is 10.00. The average molecular weight is 218 g/mol. The van der Waals surface area contributed by atoms with Crippen molar-refractivity contribution < 1.29 is 9.50 Å². The molecule has 1 aliphatic rings. The number of aliphatic hydroxyl groups excluding tert-OH is 1. The van der Waals surface area contributed by atoms with Gasteiger partial charge in [-0.15, -0.1) is 0 Å². The van der Waals surface area contributed by atoms with Gasteiger partial charge in [0.1, 0.15) is 11.6 Å². The van der Waals surface area contributed by atoms with Crippen LogP contribution in [0.25, 0.3) is 11.3 Å². The van der Waals surface area contributed by atoms with Crippen LogP contribution in [0.4, 0.5) is 4.39 Å². The van der Waals surface area contributed by atoms with Crippen LogP contribution < -0.4 is 0 Å². The van der Waals surface area contributed by atoms with Gasteiger partial charge < -0.3 is 5.11 Å². The van der Waals surface area contributed by atoms with E-state index < -0.39 is 0 Å². The number of hydrogen-bond acceptors (Lipinski definition) is 1. The molecule has 0 saturated heterocycles. The van der Waals surface area contributed by atoms with Crippen molar-refractivity contribution in [2.24, 2.45) is 0 Å². The number of hydrogen-bond donors (Lipinski definition) is 1. The molecule has 1 nitrogen and oxygen atoms in total. The third-order valence-electron chi connectivity index (χ3n) is 3.07. The molecule has 2 heteroatoms. The van der Waals surface area contributed by atoms with Crippen molar-refractivity contribution in [2.45, 2.75) is 26.2 Å². The normalized spacial score (nSPS) is 15.6. The summed E-state index contributed by atoms with van der Waals surface area (Å²) in [5, 5.41) is 9.30. The minimum absolute atomic E-state index is 0.0861. The van der Waals surface area contributed by atoms with Crippen molar-refractivity contribution in [1.82, 2.24) is 0 Å². The van der Waals surface area contributed by atoms with Gasteiger partial charge in [-0.05, 0) is 55.5 Å². The maximum atomic E-state index is 13.4. The summed E-state index contributed by atoms with van der Waals surface area (Å²) in [5.41, 5.74) is 3.87. The predicted octanol–water partition coefficient (Wildman–Crippen LogP) is 4.31. The Kier molecular flexibility index (Phi) is 2.82. The Morgan fingerprint density at radius 3 is 2.62 bits per heavy atom. The molecule has 0 fully saturated rings. The van der Waals surface area contributed by atoms with Gasteiger partial charge in [0.25, 0.3) is 0 Å². The lowest BCUT2D eigenvalue weighted by Gasteiger charge is -2.07. The molecular weight excluding hydrogens is 203 g/mol. The van der Waals surface area contributed by atoms with Crippen LogP contribution in [0, 0.1) is 5.82 Å². The van der Waals surface area contributed by atoms with Crippen LogP contribution in [-0.4, -0.2) is 5.11 Å². The fourth-order valence-electron chi connectivity index (χ4n) is 2.22. The second-order valence-corrected chi connectivity index (χ2v) is 4.29. The van der Waals surface area contributed by atoms with Crippen LogP contribution in [0.2, 0.25) is 0 Å². The highest BCUT2D eigenvalue weighted by atomic mass is 19.1. The van der Waals surface area contributed by atoms with E-state index in [0.29, 0.717) is 5.56 Å². The molecule has 1 aliphatic carbocycles. The molecule has 0 heterocycles. The molecule has 0 amide bonds. The molecule has 0 aromatic heterocycles. The summed E-state index contributed by atoms with van der Waals surface area (Å²) in [6.45, 7) is 5.51. The van der Waals surface area contributed by atoms with E-state index in [2.05, 4.69) is 13.5 Å². The van der Waals surface area contributed by atoms with Gasteiger partial charge in [-0.2, -0.15) is 0 Å². The smallest absolute Gasteiger partial charge is 0.124 e. The minimum Gasteiger partial charge on any atom is -0.508 e. The van der Waals surface area contributed by atoms with Crippen molar-refractivity contribution in [2.75, 3.05) is 0 Å². The van der Waals surface area contributed by atoms with Crippen molar-refractivity contribution in [3.8, 4) is 0 Å². The maximum absolute atomic E-state index is 13.4. The van der Waals surface area contributed by atoms with Crippen molar-refractivity contribution in [1.29, 1.82) is 0 Å². The molecular formula is C14H15FO. The van der Waals surface area contributed by atoms with Crippen molar-refractivity contribution >= 4 is 11.3 Å². The standard InChI is InChI=1S/C14H15FO/c1-9-4-3-5-14(9)12-6-11(10(2)16)7-13(15)8-12/h6-8,16H,2-5H2,1H3. The summed E-state index contributed by atoms with van der Waals surface area (Å²) in [6.07, 6.45) is 3.21. The van der Waals surface area contributed by atoms with Crippen LogP contribution in [0.15, 0.2) is 30.4 Å². The zero-order valence-corrected chi connectivity index (χ0v) is 9.39. The summed E-state index contributed by atoms with van der Waals surface area (Å²) in [7, 11) is 0. The van der Waals surface area contributed by atoms with Crippen molar-refractivity contribution in [3.05, 3.63) is 47.3 Å². The Morgan fingerprint density at radius 1 is 1.31 bits per heavy atom. The van der Waals surface area contributed by atoms with E-state index in [1.165, 1.54) is 23.3 Å². The Labute approximate surface area is 94.9 Å². The molecule has 84 valence electrons. The SMILES string of the molecule is C=C(O)c1cc(F)cc(C2=C(C)CCC2)c1. The summed E-state index contributed by atoms with van der Waals surface area (Å²) in [5.74, 6) is -0.410. The van der Waals surface area contributed by atoms with Gasteiger partial charge in [-0.3, -0.25) is 0 Å². The first-order valence-corrected chi connectivity index (χ1v) is 5.46. The quantitative estimate of drug-likeness (QED) is 0.733. The van der Waals surface area contributed by atoms with Crippen LogP contribution in [0.5, 0.6) is 0 Å². The summed E-state index contributed by atoms with van der Waals surface area (Å²) in [4.78, 5) is 0. The van der Waals surface area contributed by atoms with E-state index in [-0.39, 0.29) is 11.6 Å².